The van der Waals surface area contributed by atoms with E-state index >= 15 is 0 Å². The maximum atomic E-state index is 11.8. The molecular weight excluding hydrogens is 292 g/mol. The van der Waals surface area contributed by atoms with Gasteiger partial charge in [0.2, 0.25) is 0 Å². The molecule has 3 N–H and O–H groups in total. The number of urea groups is 1. The number of carboxylic acid groups (broad SMARTS) is 1. The summed E-state index contributed by atoms with van der Waals surface area (Å²) in [6.45, 7) is 2.00. The van der Waals surface area contributed by atoms with E-state index in [9.17, 15) is 9.59 Å². The van der Waals surface area contributed by atoms with Gasteiger partial charge in [0.25, 0.3) is 0 Å². The van der Waals surface area contributed by atoms with E-state index in [-0.39, 0.29) is 12.5 Å². The Morgan fingerprint density at radius 3 is 2.43 bits per heavy atom. The molecule has 118 valence electrons. The molecule has 2 aromatic rings. The number of nitrogens with one attached hydrogen (secondary N) is 2. The summed E-state index contributed by atoms with van der Waals surface area (Å²) in [5.41, 5.74) is 3.44. The van der Waals surface area contributed by atoms with Crippen LogP contribution in [0.2, 0.25) is 0 Å². The molecule has 23 heavy (non-hydrogen) atoms. The number of carbonyl (C=O) groups excluding carboxylic acids is 1. The summed E-state index contributed by atoms with van der Waals surface area (Å²) in [5.74, 6) is -0.884. The van der Waals surface area contributed by atoms with Crippen molar-refractivity contribution in [3.8, 4) is 0 Å². The number of rotatable bonds is 5. The molecule has 2 amide bonds. The molecule has 0 aliphatic carbocycles. The van der Waals surface area contributed by atoms with Crippen LogP contribution in [0.15, 0.2) is 54.7 Å². The normalized spacial score (nSPS) is 10.5. The van der Waals surface area contributed by atoms with Crippen LogP contribution in [0, 0.1) is 6.92 Å². The second-order valence-electron chi connectivity index (χ2n) is 5.06. The molecule has 2 aromatic carbocycles. The first-order chi connectivity index (χ1) is 11.0. The van der Waals surface area contributed by atoms with Crippen LogP contribution in [0.3, 0.4) is 0 Å². The molecule has 0 aromatic heterocycles. The third-order valence-corrected chi connectivity index (χ3v) is 3.23. The van der Waals surface area contributed by atoms with Gasteiger partial charge in [-0.3, -0.25) is 4.79 Å². The molecule has 0 radical (unpaired) electrons. The zero-order valence-corrected chi connectivity index (χ0v) is 12.7. The molecule has 0 spiro atoms. The Morgan fingerprint density at radius 2 is 1.78 bits per heavy atom. The fourth-order valence-corrected chi connectivity index (χ4v) is 2.03. The van der Waals surface area contributed by atoms with Gasteiger partial charge in [0.05, 0.1) is 6.42 Å². The van der Waals surface area contributed by atoms with E-state index in [1.54, 1.807) is 30.5 Å². The second kappa shape index (κ2) is 7.79. The zero-order chi connectivity index (χ0) is 16.7. The van der Waals surface area contributed by atoms with Crippen molar-refractivity contribution >= 4 is 23.8 Å². The van der Waals surface area contributed by atoms with Crippen LogP contribution in [0.4, 0.5) is 10.5 Å². The van der Waals surface area contributed by atoms with Gasteiger partial charge in [-0.15, -0.1) is 0 Å². The van der Waals surface area contributed by atoms with E-state index in [0.717, 1.165) is 11.1 Å². The van der Waals surface area contributed by atoms with Gasteiger partial charge in [0.1, 0.15) is 0 Å². The number of hydrogen-bond acceptors (Lipinski definition) is 2. The van der Waals surface area contributed by atoms with E-state index in [4.69, 9.17) is 5.11 Å². The molecule has 0 aliphatic rings. The number of amides is 2. The number of anilines is 1. The maximum absolute atomic E-state index is 11.8. The third-order valence-electron chi connectivity index (χ3n) is 3.23. The summed E-state index contributed by atoms with van der Waals surface area (Å²) in [4.78, 5) is 22.4. The van der Waals surface area contributed by atoms with E-state index in [1.165, 1.54) is 0 Å². The maximum Gasteiger partial charge on any atom is 0.323 e. The van der Waals surface area contributed by atoms with Gasteiger partial charge in [-0.1, -0.05) is 36.4 Å². The van der Waals surface area contributed by atoms with Crippen molar-refractivity contribution in [1.82, 2.24) is 5.32 Å². The lowest BCUT2D eigenvalue weighted by molar-refractivity contribution is -0.136. The smallest absolute Gasteiger partial charge is 0.323 e. The van der Waals surface area contributed by atoms with Crippen molar-refractivity contribution in [2.24, 2.45) is 0 Å². The molecule has 0 atom stereocenters. The summed E-state index contributed by atoms with van der Waals surface area (Å²) in [6.07, 6.45) is 3.37. The van der Waals surface area contributed by atoms with Crippen LogP contribution < -0.4 is 10.6 Å². The van der Waals surface area contributed by atoms with Crippen LogP contribution in [-0.2, 0) is 11.2 Å². The predicted molar refractivity (Wildman–Crippen MR) is 90.1 cm³/mol. The molecule has 5 nitrogen and oxygen atoms in total. The quantitative estimate of drug-likeness (QED) is 0.792. The van der Waals surface area contributed by atoms with E-state index < -0.39 is 5.97 Å². The fraction of sp³-hybridized carbons (Fsp3) is 0.111. The van der Waals surface area contributed by atoms with Crippen LogP contribution in [0.5, 0.6) is 0 Å². The molecule has 0 saturated carbocycles. The lowest BCUT2D eigenvalue weighted by Gasteiger charge is -2.05. The monoisotopic (exact) mass is 310 g/mol. The summed E-state index contributed by atoms with van der Waals surface area (Å²) >= 11 is 0. The Kier molecular flexibility index (Phi) is 5.52. The highest BCUT2D eigenvalue weighted by molar-refractivity contribution is 5.90. The van der Waals surface area contributed by atoms with Crippen LogP contribution in [0.25, 0.3) is 6.08 Å². The van der Waals surface area contributed by atoms with Crippen molar-refractivity contribution in [2.45, 2.75) is 13.3 Å². The van der Waals surface area contributed by atoms with Gasteiger partial charge < -0.3 is 15.7 Å². The van der Waals surface area contributed by atoms with Crippen LogP contribution in [-0.4, -0.2) is 17.1 Å². The van der Waals surface area contributed by atoms with E-state index in [0.29, 0.717) is 11.3 Å². The molecule has 0 saturated heterocycles. The molecule has 0 aliphatic heterocycles. The topological polar surface area (TPSA) is 78.4 Å². The molecule has 0 fully saturated rings. The summed E-state index contributed by atoms with van der Waals surface area (Å²) in [5, 5.41) is 14.0. The highest BCUT2D eigenvalue weighted by Gasteiger charge is 2.02. The van der Waals surface area contributed by atoms with Gasteiger partial charge in [-0.05, 0) is 41.8 Å². The number of aryl methyl sites for hydroxylation is 1. The van der Waals surface area contributed by atoms with Gasteiger partial charge >= 0.3 is 12.0 Å². The van der Waals surface area contributed by atoms with Crippen molar-refractivity contribution in [2.75, 3.05) is 5.32 Å². The van der Waals surface area contributed by atoms with Gasteiger partial charge in [-0.25, -0.2) is 4.79 Å². The molecule has 2 rings (SSSR count). The lowest BCUT2D eigenvalue weighted by atomic mass is 10.1. The van der Waals surface area contributed by atoms with Crippen LogP contribution >= 0.6 is 0 Å². The SMILES string of the molecule is Cc1ccccc1/C=C/NC(=O)Nc1ccc(CC(=O)O)cc1. The van der Waals surface area contributed by atoms with Gasteiger partial charge in [0, 0.05) is 11.9 Å². The van der Waals surface area contributed by atoms with Crippen molar-refractivity contribution in [3.63, 3.8) is 0 Å². The minimum Gasteiger partial charge on any atom is -0.481 e. The Bertz CT molecular complexity index is 721. The summed E-state index contributed by atoms with van der Waals surface area (Å²) in [7, 11) is 0. The van der Waals surface area contributed by atoms with Crippen LogP contribution in [0.1, 0.15) is 16.7 Å². The van der Waals surface area contributed by atoms with E-state index in [2.05, 4.69) is 10.6 Å². The Balaban J connectivity index is 1.87. The zero-order valence-electron chi connectivity index (χ0n) is 12.7. The molecule has 0 heterocycles. The van der Waals surface area contributed by atoms with Gasteiger partial charge in [0.15, 0.2) is 0 Å². The standard InChI is InChI=1S/C18H18N2O3/c1-13-4-2-3-5-15(13)10-11-19-18(23)20-16-8-6-14(7-9-16)12-17(21)22/h2-11H,12H2,1H3,(H,21,22)(H2,19,20,23)/b11-10+. The molecular formula is C18H18N2O3. The molecule has 0 unspecified atom stereocenters. The van der Waals surface area contributed by atoms with Crippen molar-refractivity contribution < 1.29 is 14.7 Å². The fourth-order valence-electron chi connectivity index (χ4n) is 2.03. The first-order valence-corrected chi connectivity index (χ1v) is 7.15. The third kappa shape index (κ3) is 5.32. The van der Waals surface area contributed by atoms with Crippen molar-refractivity contribution in [1.29, 1.82) is 0 Å². The average Bonchev–Trinajstić information content (AvgIpc) is 2.51. The number of carboxylic acids is 1. The van der Waals surface area contributed by atoms with Gasteiger partial charge in [-0.2, -0.15) is 0 Å². The predicted octanol–water partition coefficient (Wildman–Crippen LogP) is 3.41. The number of hydrogen-bond donors (Lipinski definition) is 3. The highest BCUT2D eigenvalue weighted by Crippen LogP contribution is 2.10. The number of benzene rings is 2. The number of carbonyl (C=O) groups is 2. The average molecular weight is 310 g/mol. The molecule has 5 heteroatoms. The molecule has 0 bridgehead atoms. The first kappa shape index (κ1) is 16.3. The summed E-state index contributed by atoms with van der Waals surface area (Å²) in [6, 6.07) is 14.2. The minimum atomic E-state index is -0.884. The highest BCUT2D eigenvalue weighted by atomic mass is 16.4. The largest absolute Gasteiger partial charge is 0.481 e. The Morgan fingerprint density at radius 1 is 1.09 bits per heavy atom. The van der Waals surface area contributed by atoms with E-state index in [1.807, 2.05) is 37.3 Å². The Labute approximate surface area is 134 Å². The first-order valence-electron chi connectivity index (χ1n) is 7.15. The second-order valence-corrected chi connectivity index (χ2v) is 5.06. The summed E-state index contributed by atoms with van der Waals surface area (Å²) < 4.78 is 0. The Hall–Kier alpha value is -3.08. The minimum absolute atomic E-state index is 0.0361. The van der Waals surface area contributed by atoms with Crippen molar-refractivity contribution in [3.05, 3.63) is 71.4 Å². The number of aliphatic carboxylic acids is 1. The lowest BCUT2D eigenvalue weighted by Crippen LogP contribution is -2.23.